The van der Waals surface area contributed by atoms with Gasteiger partial charge < -0.3 is 19.6 Å². The third-order valence-corrected chi connectivity index (χ3v) is 5.18. The number of anilines is 2. The predicted molar refractivity (Wildman–Crippen MR) is 105 cm³/mol. The smallest absolute Gasteiger partial charge is 0.222 e. The molecule has 0 saturated carbocycles. The first-order chi connectivity index (χ1) is 12.4. The van der Waals surface area contributed by atoms with E-state index in [1.807, 2.05) is 11.8 Å². The van der Waals surface area contributed by atoms with Crippen molar-refractivity contribution in [1.82, 2.24) is 19.8 Å². The van der Waals surface area contributed by atoms with Gasteiger partial charge in [0.25, 0.3) is 0 Å². The van der Waals surface area contributed by atoms with Crippen LogP contribution in [0.4, 0.5) is 11.6 Å². The van der Waals surface area contributed by atoms with E-state index in [1.54, 1.807) is 0 Å². The van der Waals surface area contributed by atoms with Crippen molar-refractivity contribution in [2.24, 2.45) is 5.92 Å². The summed E-state index contributed by atoms with van der Waals surface area (Å²) in [4.78, 5) is 30.6. The van der Waals surface area contributed by atoms with Crippen LogP contribution < -0.4 is 9.80 Å². The second kappa shape index (κ2) is 8.20. The molecule has 0 spiro atoms. The summed E-state index contributed by atoms with van der Waals surface area (Å²) >= 11 is 0. The molecular weight excluding hydrogens is 328 g/mol. The molecule has 0 bridgehead atoms. The van der Waals surface area contributed by atoms with Crippen LogP contribution in [0.5, 0.6) is 0 Å². The van der Waals surface area contributed by atoms with Crippen molar-refractivity contribution in [2.75, 3.05) is 69.2 Å². The van der Waals surface area contributed by atoms with Crippen molar-refractivity contribution in [3.8, 4) is 0 Å². The molecule has 26 heavy (non-hydrogen) atoms. The molecular formula is C19H32N6O. The quantitative estimate of drug-likeness (QED) is 0.805. The summed E-state index contributed by atoms with van der Waals surface area (Å²) in [6.07, 6.45) is 0.639. The Balaban J connectivity index is 1.64. The lowest BCUT2D eigenvalue weighted by molar-refractivity contribution is -0.132. The molecule has 2 fully saturated rings. The molecule has 0 aromatic carbocycles. The maximum atomic E-state index is 12.3. The second-order valence-electron chi connectivity index (χ2n) is 7.89. The van der Waals surface area contributed by atoms with E-state index in [0.29, 0.717) is 12.3 Å². The molecule has 1 aromatic heterocycles. The second-order valence-corrected chi connectivity index (χ2v) is 7.89. The zero-order valence-electron chi connectivity index (χ0n) is 16.6. The number of amides is 1. The Morgan fingerprint density at radius 2 is 1.46 bits per heavy atom. The lowest BCUT2D eigenvalue weighted by Gasteiger charge is -2.37. The highest BCUT2D eigenvalue weighted by Gasteiger charge is 2.24. The first-order valence-corrected chi connectivity index (χ1v) is 9.74. The number of hydrogen-bond acceptors (Lipinski definition) is 6. The molecule has 1 aromatic rings. The number of carbonyl (C=O) groups excluding carboxylic acids is 1. The summed E-state index contributed by atoms with van der Waals surface area (Å²) in [6.45, 7) is 13.5. The van der Waals surface area contributed by atoms with Crippen molar-refractivity contribution >= 4 is 17.5 Å². The standard InChI is InChI=1S/C19H32N6O/c1-15(2)13-19(26)25-11-9-24(10-12-25)18-14-17(20-16(3)21-18)23-7-5-22(4)6-8-23/h14-15H,5-13H2,1-4H3. The van der Waals surface area contributed by atoms with Crippen LogP contribution >= 0.6 is 0 Å². The summed E-state index contributed by atoms with van der Waals surface area (Å²) < 4.78 is 0. The summed E-state index contributed by atoms with van der Waals surface area (Å²) in [5.74, 6) is 3.52. The van der Waals surface area contributed by atoms with Crippen LogP contribution in [0, 0.1) is 12.8 Å². The van der Waals surface area contributed by atoms with E-state index < -0.39 is 0 Å². The molecule has 1 amide bonds. The highest BCUT2D eigenvalue weighted by Crippen LogP contribution is 2.21. The van der Waals surface area contributed by atoms with E-state index in [0.717, 1.165) is 69.8 Å². The first kappa shape index (κ1) is 18.9. The number of aromatic nitrogens is 2. The van der Waals surface area contributed by atoms with Crippen molar-refractivity contribution in [3.63, 3.8) is 0 Å². The Labute approximate surface area is 157 Å². The number of aryl methyl sites for hydroxylation is 1. The molecule has 3 rings (SSSR count). The Morgan fingerprint density at radius 3 is 1.96 bits per heavy atom. The molecule has 3 heterocycles. The summed E-state index contributed by atoms with van der Waals surface area (Å²) in [5.41, 5.74) is 0. The predicted octanol–water partition coefficient (Wildman–Crippen LogP) is 1.23. The van der Waals surface area contributed by atoms with Crippen LogP contribution in [0.25, 0.3) is 0 Å². The lowest BCUT2D eigenvalue weighted by atomic mass is 10.1. The number of hydrogen-bond donors (Lipinski definition) is 0. The molecule has 0 radical (unpaired) electrons. The van der Waals surface area contributed by atoms with Gasteiger partial charge in [0.15, 0.2) is 0 Å². The van der Waals surface area contributed by atoms with E-state index >= 15 is 0 Å². The van der Waals surface area contributed by atoms with Gasteiger partial charge in [0.1, 0.15) is 17.5 Å². The van der Waals surface area contributed by atoms with Gasteiger partial charge in [-0.25, -0.2) is 9.97 Å². The average Bonchev–Trinajstić information content (AvgIpc) is 2.61. The van der Waals surface area contributed by atoms with E-state index in [2.05, 4.69) is 51.6 Å². The number of piperazine rings is 2. The fraction of sp³-hybridized carbons (Fsp3) is 0.737. The fourth-order valence-corrected chi connectivity index (χ4v) is 3.56. The molecule has 0 unspecified atom stereocenters. The monoisotopic (exact) mass is 360 g/mol. The highest BCUT2D eigenvalue weighted by atomic mass is 16.2. The molecule has 7 heteroatoms. The molecule has 2 saturated heterocycles. The highest BCUT2D eigenvalue weighted by molar-refractivity contribution is 5.76. The van der Waals surface area contributed by atoms with E-state index in [4.69, 9.17) is 0 Å². The van der Waals surface area contributed by atoms with Crippen LogP contribution in [0.15, 0.2) is 6.07 Å². The maximum Gasteiger partial charge on any atom is 0.222 e. The van der Waals surface area contributed by atoms with Crippen LogP contribution in [-0.2, 0) is 4.79 Å². The SMILES string of the molecule is Cc1nc(N2CCN(C)CC2)cc(N2CCN(C(=O)CC(C)C)CC2)n1. The van der Waals surface area contributed by atoms with Crippen LogP contribution in [0.2, 0.25) is 0 Å². The molecule has 0 N–H and O–H groups in total. The summed E-state index contributed by atoms with van der Waals surface area (Å²) in [7, 11) is 2.16. The number of carbonyl (C=O) groups is 1. The minimum absolute atomic E-state index is 0.275. The Morgan fingerprint density at radius 1 is 0.962 bits per heavy atom. The van der Waals surface area contributed by atoms with E-state index in [1.165, 1.54) is 0 Å². The van der Waals surface area contributed by atoms with Crippen molar-refractivity contribution in [1.29, 1.82) is 0 Å². The van der Waals surface area contributed by atoms with Crippen LogP contribution in [0.3, 0.4) is 0 Å². The maximum absolute atomic E-state index is 12.3. The Bertz CT molecular complexity index is 618. The fourth-order valence-electron chi connectivity index (χ4n) is 3.56. The lowest BCUT2D eigenvalue weighted by Crippen LogP contribution is -2.49. The largest absolute Gasteiger partial charge is 0.354 e. The Kier molecular flexibility index (Phi) is 5.96. The first-order valence-electron chi connectivity index (χ1n) is 9.74. The third-order valence-electron chi connectivity index (χ3n) is 5.18. The van der Waals surface area contributed by atoms with Gasteiger partial charge in [-0.05, 0) is 19.9 Å². The number of rotatable bonds is 4. The molecule has 0 atom stereocenters. The normalized spacial score (nSPS) is 19.3. The third kappa shape index (κ3) is 4.63. The van der Waals surface area contributed by atoms with Gasteiger partial charge in [0.05, 0.1) is 0 Å². The van der Waals surface area contributed by atoms with Crippen LogP contribution in [0.1, 0.15) is 26.1 Å². The Hall–Kier alpha value is -1.89. The van der Waals surface area contributed by atoms with Crippen molar-refractivity contribution < 1.29 is 4.79 Å². The minimum atomic E-state index is 0.275. The summed E-state index contributed by atoms with van der Waals surface area (Å²) in [6, 6.07) is 2.11. The summed E-state index contributed by atoms with van der Waals surface area (Å²) in [5, 5.41) is 0. The molecule has 144 valence electrons. The van der Waals surface area contributed by atoms with Crippen molar-refractivity contribution in [3.05, 3.63) is 11.9 Å². The topological polar surface area (TPSA) is 55.8 Å². The van der Waals surface area contributed by atoms with Gasteiger partial charge in [0.2, 0.25) is 5.91 Å². The van der Waals surface area contributed by atoms with Gasteiger partial charge in [-0.3, -0.25) is 4.79 Å². The zero-order valence-corrected chi connectivity index (χ0v) is 16.6. The van der Waals surface area contributed by atoms with Gasteiger partial charge >= 0.3 is 0 Å². The number of likely N-dealkylation sites (N-methyl/N-ethyl adjacent to an activating group) is 1. The minimum Gasteiger partial charge on any atom is -0.354 e. The molecule has 0 aliphatic carbocycles. The number of nitrogens with zero attached hydrogens (tertiary/aromatic N) is 6. The van der Waals surface area contributed by atoms with Gasteiger partial charge in [-0.2, -0.15) is 0 Å². The van der Waals surface area contributed by atoms with E-state index in [-0.39, 0.29) is 5.91 Å². The van der Waals surface area contributed by atoms with Crippen LogP contribution in [-0.4, -0.2) is 85.1 Å². The molecule has 2 aliphatic heterocycles. The van der Waals surface area contributed by atoms with E-state index in [9.17, 15) is 4.79 Å². The molecule has 2 aliphatic rings. The van der Waals surface area contributed by atoms with Gasteiger partial charge in [-0.15, -0.1) is 0 Å². The van der Waals surface area contributed by atoms with Crippen molar-refractivity contribution in [2.45, 2.75) is 27.2 Å². The van der Waals surface area contributed by atoms with Gasteiger partial charge in [-0.1, -0.05) is 13.8 Å². The average molecular weight is 361 g/mol. The van der Waals surface area contributed by atoms with Gasteiger partial charge in [0, 0.05) is 64.8 Å². The molecule has 7 nitrogen and oxygen atoms in total. The zero-order chi connectivity index (χ0) is 18.7.